The second-order valence-corrected chi connectivity index (χ2v) is 25.3. The van der Waals surface area contributed by atoms with Crippen molar-refractivity contribution in [2.24, 2.45) is 0 Å². The van der Waals surface area contributed by atoms with Crippen molar-refractivity contribution in [2.75, 3.05) is 4.67 Å². The Balaban J connectivity index is 1.93. The average molecular weight is 664 g/mol. The van der Waals surface area contributed by atoms with E-state index in [1.165, 1.54) is 72.4 Å². The van der Waals surface area contributed by atoms with Crippen molar-refractivity contribution in [2.45, 2.75) is 91.4 Å². The number of hydrogen-bond acceptors (Lipinski definition) is 3. The van der Waals surface area contributed by atoms with E-state index in [4.69, 9.17) is 8.39 Å². The summed E-state index contributed by atoms with van der Waals surface area (Å²) in [6.07, 6.45) is 0. The SMILES string of the molecule is CC[Si](C)(CC)c1cc2ccccc2c2c1op(N(Cc1ccccc1)C(C)C)oc1c([Si](C)(CC)CC)cc3ccccc3c12. The van der Waals surface area contributed by atoms with Crippen molar-refractivity contribution in [1.82, 2.24) is 0 Å². The first-order chi connectivity index (χ1) is 22.2. The van der Waals surface area contributed by atoms with Crippen LogP contribution in [0.2, 0.25) is 37.3 Å². The first-order valence-electron chi connectivity index (χ1n) is 17.3. The fourth-order valence-corrected chi connectivity index (χ4v) is 13.7. The van der Waals surface area contributed by atoms with Gasteiger partial charge >= 0.3 is 8.16 Å². The standard InChI is InChI=1S/C40H50NO2PSi2/c1-9-45(7,10-2)35-26-31-22-16-18-24-33(31)37-38-34-25-19-17-23-32(34)27-36(46(8,11-3)12-4)40(38)43-44(42-39(35)37)41(29(5)6)28-30-20-14-13-15-21-30/h13-27,29H,9-12,28H2,1-8H3. The van der Waals surface area contributed by atoms with E-state index in [0.717, 1.165) is 17.7 Å². The smallest absolute Gasteiger partial charge is 0.310 e. The molecule has 0 amide bonds. The Hall–Kier alpha value is -3.09. The van der Waals surface area contributed by atoms with Crippen LogP contribution in [0.15, 0.2) is 99.4 Å². The van der Waals surface area contributed by atoms with Crippen LogP contribution < -0.4 is 15.0 Å². The molecule has 1 aromatic heterocycles. The molecule has 0 aliphatic heterocycles. The zero-order chi connectivity index (χ0) is 32.6. The van der Waals surface area contributed by atoms with Crippen molar-refractivity contribution in [3.05, 3.63) is 96.6 Å². The average Bonchev–Trinajstić information content (AvgIpc) is 3.27. The zero-order valence-corrected chi connectivity index (χ0v) is 31.9. The number of benzene rings is 5. The largest absolute Gasteiger partial charge is 0.408 e. The van der Waals surface area contributed by atoms with Gasteiger partial charge in [0.1, 0.15) is 11.2 Å². The predicted molar refractivity (Wildman–Crippen MR) is 209 cm³/mol. The fourth-order valence-electron chi connectivity index (χ4n) is 6.98. The lowest BCUT2D eigenvalue weighted by molar-refractivity contribution is 0.599. The third-order valence-corrected chi connectivity index (χ3v) is 22.3. The van der Waals surface area contributed by atoms with Crippen molar-refractivity contribution < 1.29 is 8.39 Å². The number of hydrogen-bond donors (Lipinski definition) is 0. The highest BCUT2D eigenvalue weighted by Gasteiger charge is 2.34. The van der Waals surface area contributed by atoms with E-state index in [-0.39, 0.29) is 6.04 Å². The maximum Gasteiger partial charge on any atom is 0.310 e. The molecule has 0 bridgehead atoms. The van der Waals surface area contributed by atoms with Crippen molar-refractivity contribution >= 4 is 78.2 Å². The van der Waals surface area contributed by atoms with Gasteiger partial charge in [-0.3, -0.25) is 0 Å². The van der Waals surface area contributed by atoms with E-state index in [9.17, 15) is 0 Å². The van der Waals surface area contributed by atoms with Gasteiger partial charge < -0.3 is 8.39 Å². The summed E-state index contributed by atoms with van der Waals surface area (Å²) in [6, 6.07) is 38.6. The van der Waals surface area contributed by atoms with Crippen LogP contribution in [0.3, 0.4) is 0 Å². The summed E-state index contributed by atoms with van der Waals surface area (Å²) in [5.41, 5.74) is 3.41. The van der Waals surface area contributed by atoms with Gasteiger partial charge in [-0.05, 0) is 51.3 Å². The first-order valence-corrected chi connectivity index (χ1v) is 24.2. The molecule has 5 aromatic carbocycles. The summed E-state index contributed by atoms with van der Waals surface area (Å²) < 4.78 is 17.5. The highest BCUT2D eigenvalue weighted by molar-refractivity contribution is 7.39. The van der Waals surface area contributed by atoms with E-state index in [1.807, 2.05) is 0 Å². The van der Waals surface area contributed by atoms with E-state index in [2.05, 4.69) is 150 Å². The summed E-state index contributed by atoms with van der Waals surface area (Å²) in [6.45, 7) is 19.9. The maximum atomic E-state index is 7.53. The molecule has 3 nitrogen and oxygen atoms in total. The zero-order valence-electron chi connectivity index (χ0n) is 29.0. The minimum Gasteiger partial charge on any atom is -0.408 e. The van der Waals surface area contributed by atoms with Gasteiger partial charge in [-0.1, -0.05) is 156 Å². The quantitative estimate of drug-likeness (QED) is 0.137. The molecule has 6 heteroatoms. The van der Waals surface area contributed by atoms with Gasteiger partial charge in [0.25, 0.3) is 0 Å². The van der Waals surface area contributed by atoms with Crippen LogP contribution in [-0.2, 0) is 6.54 Å². The minimum absolute atomic E-state index is 0.228. The molecule has 0 atom stereocenters. The van der Waals surface area contributed by atoms with Gasteiger partial charge in [-0.15, -0.1) is 0 Å². The molecular formula is C40H50NO2PSi2. The molecule has 0 saturated heterocycles. The predicted octanol–water partition coefficient (Wildman–Crippen LogP) is 11.8. The lowest BCUT2D eigenvalue weighted by atomic mass is 9.98. The summed E-state index contributed by atoms with van der Waals surface area (Å²) in [5.74, 6) is 0. The molecule has 0 spiro atoms. The molecule has 0 aliphatic carbocycles. The summed E-state index contributed by atoms with van der Waals surface area (Å²) in [5, 5.41) is 10.4. The van der Waals surface area contributed by atoms with Gasteiger partial charge in [0.15, 0.2) is 0 Å². The monoisotopic (exact) mass is 663 g/mol. The van der Waals surface area contributed by atoms with Crippen LogP contribution in [-0.4, -0.2) is 22.2 Å². The Bertz CT molecular complexity index is 1930. The molecule has 6 rings (SSSR count). The molecular weight excluding hydrogens is 614 g/mol. The Morgan fingerprint density at radius 3 is 1.43 bits per heavy atom. The molecule has 46 heavy (non-hydrogen) atoms. The van der Waals surface area contributed by atoms with Crippen molar-refractivity contribution in [3.8, 4) is 0 Å². The van der Waals surface area contributed by atoms with Crippen LogP contribution >= 0.6 is 8.16 Å². The molecule has 0 fully saturated rings. The first kappa shape index (κ1) is 32.8. The molecule has 240 valence electrons. The van der Waals surface area contributed by atoms with E-state index < -0.39 is 24.3 Å². The fraction of sp³-hybridized carbons (Fsp3) is 0.350. The molecule has 0 saturated carbocycles. The second-order valence-electron chi connectivity index (χ2n) is 13.8. The van der Waals surface area contributed by atoms with Crippen LogP contribution in [0.4, 0.5) is 0 Å². The lowest BCUT2D eigenvalue weighted by Crippen LogP contribution is -2.43. The van der Waals surface area contributed by atoms with Gasteiger partial charge in [0.05, 0.1) is 16.1 Å². The molecule has 6 aromatic rings. The molecule has 0 unspecified atom stereocenters. The number of fused-ring (bicyclic) bond motifs is 7. The van der Waals surface area contributed by atoms with Gasteiger partial charge in [0, 0.05) is 23.4 Å². The van der Waals surface area contributed by atoms with Gasteiger partial charge in [0.2, 0.25) is 0 Å². The van der Waals surface area contributed by atoms with Crippen LogP contribution in [0.1, 0.15) is 47.1 Å². The van der Waals surface area contributed by atoms with Crippen molar-refractivity contribution in [1.29, 1.82) is 0 Å². The Morgan fingerprint density at radius 1 is 0.609 bits per heavy atom. The van der Waals surface area contributed by atoms with E-state index in [0.29, 0.717) is 0 Å². The van der Waals surface area contributed by atoms with Crippen molar-refractivity contribution in [3.63, 3.8) is 0 Å². The number of nitrogens with zero attached hydrogens (tertiary/aromatic N) is 1. The highest BCUT2D eigenvalue weighted by atomic mass is 31.1. The summed E-state index contributed by atoms with van der Waals surface area (Å²) in [7, 11) is -5.26. The normalized spacial score (nSPS) is 12.7. The van der Waals surface area contributed by atoms with Gasteiger partial charge in [-0.2, -0.15) is 4.67 Å². The minimum atomic E-state index is -1.89. The lowest BCUT2D eigenvalue weighted by Gasteiger charge is -2.27. The summed E-state index contributed by atoms with van der Waals surface area (Å²) in [4.78, 5) is 0. The molecule has 1 heterocycles. The Morgan fingerprint density at radius 2 is 1.02 bits per heavy atom. The topological polar surface area (TPSA) is 29.5 Å². The second kappa shape index (κ2) is 13.2. The highest BCUT2D eigenvalue weighted by Crippen LogP contribution is 2.44. The number of rotatable bonds is 10. The van der Waals surface area contributed by atoms with E-state index in [1.54, 1.807) is 0 Å². The molecule has 0 radical (unpaired) electrons. The maximum absolute atomic E-state index is 7.53. The molecule has 0 N–H and O–H groups in total. The van der Waals surface area contributed by atoms with Crippen LogP contribution in [0, 0.1) is 0 Å². The molecule has 0 aliphatic rings. The van der Waals surface area contributed by atoms with Crippen LogP contribution in [0.25, 0.3) is 43.5 Å². The van der Waals surface area contributed by atoms with E-state index >= 15 is 0 Å². The third-order valence-electron chi connectivity index (χ3n) is 11.0. The third kappa shape index (κ3) is 5.70. The Kier molecular flexibility index (Phi) is 9.42. The van der Waals surface area contributed by atoms with Crippen LogP contribution in [0.5, 0.6) is 0 Å². The van der Waals surface area contributed by atoms with Gasteiger partial charge in [-0.25, -0.2) is 0 Å². The Labute approximate surface area is 278 Å². The summed E-state index contributed by atoms with van der Waals surface area (Å²) >= 11 is 0.